The summed E-state index contributed by atoms with van der Waals surface area (Å²) in [5.74, 6) is -0.175. The van der Waals surface area contributed by atoms with Gasteiger partial charge >= 0.3 is 0 Å². The van der Waals surface area contributed by atoms with E-state index in [4.69, 9.17) is 0 Å². The summed E-state index contributed by atoms with van der Waals surface area (Å²) in [5, 5.41) is 13.5. The van der Waals surface area contributed by atoms with Gasteiger partial charge in [-0.15, -0.1) is 0 Å². The van der Waals surface area contributed by atoms with Crippen molar-refractivity contribution in [2.24, 2.45) is 0 Å². The second-order valence-electron chi connectivity index (χ2n) is 4.68. The third-order valence-electron chi connectivity index (χ3n) is 3.34. The standard InChI is InChI=1S/C13H15BrN2O3/c14-11-3-1-2-4-12(11)15-13(17)9-5-7-10(8-6-9)16(18)19/h5-8,11-12H,1-4H2,(H,15,17). The molecular weight excluding hydrogens is 312 g/mol. The Kier molecular flexibility index (Phi) is 4.52. The molecule has 102 valence electrons. The summed E-state index contributed by atoms with van der Waals surface area (Å²) in [6.45, 7) is 0. The van der Waals surface area contributed by atoms with Gasteiger partial charge in [0.1, 0.15) is 0 Å². The normalized spacial score (nSPS) is 22.8. The molecule has 1 amide bonds. The number of benzene rings is 1. The molecule has 1 saturated carbocycles. The third-order valence-corrected chi connectivity index (χ3v) is 4.43. The minimum absolute atomic E-state index is 0.00687. The first-order valence-corrected chi connectivity index (χ1v) is 7.19. The first-order chi connectivity index (χ1) is 9.08. The molecule has 1 fully saturated rings. The van der Waals surface area contributed by atoms with Gasteiger partial charge in [0.2, 0.25) is 0 Å². The fourth-order valence-electron chi connectivity index (χ4n) is 2.23. The van der Waals surface area contributed by atoms with Gasteiger partial charge in [-0.3, -0.25) is 14.9 Å². The molecule has 0 radical (unpaired) electrons. The molecule has 6 heteroatoms. The maximum absolute atomic E-state index is 12.0. The number of carbonyl (C=O) groups excluding carboxylic acids is 1. The molecule has 19 heavy (non-hydrogen) atoms. The van der Waals surface area contributed by atoms with Crippen molar-refractivity contribution in [3.63, 3.8) is 0 Å². The van der Waals surface area contributed by atoms with Crippen LogP contribution in [-0.4, -0.2) is 21.7 Å². The zero-order chi connectivity index (χ0) is 13.8. The Labute approximate surface area is 119 Å². The van der Waals surface area contributed by atoms with Crippen LogP contribution >= 0.6 is 15.9 Å². The number of nitrogens with one attached hydrogen (secondary N) is 1. The number of amides is 1. The molecule has 1 aromatic carbocycles. The van der Waals surface area contributed by atoms with Crippen LogP contribution in [0.5, 0.6) is 0 Å². The van der Waals surface area contributed by atoms with E-state index in [-0.39, 0.29) is 17.6 Å². The molecule has 0 bridgehead atoms. The first kappa shape index (κ1) is 14.0. The van der Waals surface area contributed by atoms with E-state index in [1.54, 1.807) is 0 Å². The third kappa shape index (κ3) is 3.53. The minimum Gasteiger partial charge on any atom is -0.348 e. The molecule has 2 atom stereocenters. The molecule has 0 saturated heterocycles. The second-order valence-corrected chi connectivity index (χ2v) is 5.86. The summed E-state index contributed by atoms with van der Waals surface area (Å²) in [5.41, 5.74) is 0.448. The smallest absolute Gasteiger partial charge is 0.269 e. The number of hydrogen-bond donors (Lipinski definition) is 1. The van der Waals surface area contributed by atoms with Gasteiger partial charge in [0.25, 0.3) is 11.6 Å². The lowest BCUT2D eigenvalue weighted by atomic mass is 9.95. The molecule has 2 rings (SSSR count). The minimum atomic E-state index is -0.475. The van der Waals surface area contributed by atoms with Crippen LogP contribution in [0.3, 0.4) is 0 Å². The summed E-state index contributed by atoms with van der Waals surface area (Å²) in [6.07, 6.45) is 4.33. The van der Waals surface area contributed by atoms with Crippen LogP contribution < -0.4 is 5.32 Å². The zero-order valence-electron chi connectivity index (χ0n) is 10.3. The molecule has 0 spiro atoms. The number of alkyl halides is 1. The van der Waals surface area contributed by atoms with Crippen LogP contribution in [0.1, 0.15) is 36.0 Å². The largest absolute Gasteiger partial charge is 0.348 e. The Hall–Kier alpha value is -1.43. The van der Waals surface area contributed by atoms with E-state index in [2.05, 4.69) is 21.2 Å². The molecule has 0 aromatic heterocycles. The van der Waals surface area contributed by atoms with Crippen LogP contribution in [0, 0.1) is 10.1 Å². The van der Waals surface area contributed by atoms with Crippen LogP contribution in [0.15, 0.2) is 24.3 Å². The van der Waals surface area contributed by atoms with E-state index >= 15 is 0 Å². The summed E-state index contributed by atoms with van der Waals surface area (Å²) in [7, 11) is 0. The van der Waals surface area contributed by atoms with Crippen molar-refractivity contribution >= 4 is 27.5 Å². The topological polar surface area (TPSA) is 72.2 Å². The molecule has 5 nitrogen and oxygen atoms in total. The van der Waals surface area contributed by atoms with Crippen LogP contribution in [-0.2, 0) is 0 Å². The summed E-state index contributed by atoms with van der Waals surface area (Å²) >= 11 is 3.58. The van der Waals surface area contributed by atoms with Gasteiger partial charge in [0.15, 0.2) is 0 Å². The molecule has 2 unspecified atom stereocenters. The predicted octanol–water partition coefficient (Wildman–Crippen LogP) is 3.03. The molecule has 1 aromatic rings. The molecule has 0 heterocycles. The van der Waals surface area contributed by atoms with Gasteiger partial charge in [0, 0.05) is 28.6 Å². The lowest BCUT2D eigenvalue weighted by Gasteiger charge is -2.28. The van der Waals surface area contributed by atoms with Crippen molar-refractivity contribution in [3.05, 3.63) is 39.9 Å². The number of non-ortho nitro benzene ring substituents is 1. The number of halogens is 1. The average Bonchev–Trinajstić information content (AvgIpc) is 2.41. The first-order valence-electron chi connectivity index (χ1n) is 6.27. The zero-order valence-corrected chi connectivity index (χ0v) is 11.9. The molecule has 1 aliphatic carbocycles. The van der Waals surface area contributed by atoms with Crippen molar-refractivity contribution < 1.29 is 9.72 Å². The van der Waals surface area contributed by atoms with Gasteiger partial charge in [0.05, 0.1) is 4.92 Å². The van der Waals surface area contributed by atoms with Gasteiger partial charge in [-0.25, -0.2) is 0 Å². The molecular formula is C13H15BrN2O3. The molecule has 0 aliphatic heterocycles. The quantitative estimate of drug-likeness (QED) is 0.527. The predicted molar refractivity (Wildman–Crippen MR) is 75.5 cm³/mol. The van der Waals surface area contributed by atoms with Gasteiger partial charge in [-0.05, 0) is 25.0 Å². The number of nitro benzene ring substituents is 1. The monoisotopic (exact) mass is 326 g/mol. The highest BCUT2D eigenvalue weighted by molar-refractivity contribution is 9.09. The molecule has 1 N–H and O–H groups in total. The summed E-state index contributed by atoms with van der Waals surface area (Å²) in [6, 6.07) is 5.80. The fourth-order valence-corrected chi connectivity index (χ4v) is 2.95. The number of nitro groups is 1. The van der Waals surface area contributed by atoms with E-state index in [1.165, 1.54) is 30.7 Å². The van der Waals surface area contributed by atoms with Crippen LogP contribution in [0.4, 0.5) is 5.69 Å². The fraction of sp³-hybridized carbons (Fsp3) is 0.462. The lowest BCUT2D eigenvalue weighted by molar-refractivity contribution is -0.384. The second kappa shape index (κ2) is 6.14. The van der Waals surface area contributed by atoms with Gasteiger partial charge in [-0.1, -0.05) is 28.8 Å². The highest BCUT2D eigenvalue weighted by atomic mass is 79.9. The number of hydrogen-bond acceptors (Lipinski definition) is 3. The number of carbonyl (C=O) groups is 1. The van der Waals surface area contributed by atoms with Gasteiger partial charge < -0.3 is 5.32 Å². The SMILES string of the molecule is O=C(NC1CCCCC1Br)c1ccc([N+](=O)[O-])cc1. The van der Waals surface area contributed by atoms with Crippen molar-refractivity contribution in [1.29, 1.82) is 0 Å². The van der Waals surface area contributed by atoms with Crippen molar-refractivity contribution in [3.8, 4) is 0 Å². The maximum Gasteiger partial charge on any atom is 0.269 e. The van der Waals surface area contributed by atoms with E-state index in [1.807, 2.05) is 0 Å². The molecule has 1 aliphatic rings. The maximum atomic E-state index is 12.0. The average molecular weight is 327 g/mol. The van der Waals surface area contributed by atoms with E-state index in [9.17, 15) is 14.9 Å². The lowest BCUT2D eigenvalue weighted by Crippen LogP contribution is -2.42. The van der Waals surface area contributed by atoms with E-state index < -0.39 is 4.92 Å². The van der Waals surface area contributed by atoms with E-state index in [0.717, 1.165) is 19.3 Å². The Morgan fingerprint density at radius 1 is 1.26 bits per heavy atom. The van der Waals surface area contributed by atoms with Crippen molar-refractivity contribution in [1.82, 2.24) is 5.32 Å². The van der Waals surface area contributed by atoms with Crippen LogP contribution in [0.2, 0.25) is 0 Å². The van der Waals surface area contributed by atoms with Gasteiger partial charge in [-0.2, -0.15) is 0 Å². The van der Waals surface area contributed by atoms with Crippen molar-refractivity contribution in [2.45, 2.75) is 36.6 Å². The Morgan fingerprint density at radius 2 is 1.89 bits per heavy atom. The highest BCUT2D eigenvalue weighted by Crippen LogP contribution is 2.24. The Morgan fingerprint density at radius 3 is 2.47 bits per heavy atom. The number of nitrogens with zero attached hydrogens (tertiary/aromatic N) is 1. The van der Waals surface area contributed by atoms with Crippen molar-refractivity contribution in [2.75, 3.05) is 0 Å². The highest BCUT2D eigenvalue weighted by Gasteiger charge is 2.24. The van der Waals surface area contributed by atoms with Crippen LogP contribution in [0.25, 0.3) is 0 Å². The summed E-state index contributed by atoms with van der Waals surface area (Å²) in [4.78, 5) is 22.4. The number of rotatable bonds is 3. The van der Waals surface area contributed by atoms with E-state index in [0.29, 0.717) is 10.4 Å². The Bertz CT molecular complexity index is 475. The summed E-state index contributed by atoms with van der Waals surface area (Å²) < 4.78 is 0. The Balaban J connectivity index is 2.01.